The Labute approximate surface area is 202 Å². The Morgan fingerprint density at radius 1 is 0.935 bits per heavy atom. The van der Waals surface area contributed by atoms with Gasteiger partial charge in [0.05, 0.1) is 33.9 Å². The number of nitrogens with zero attached hydrogens (tertiary/aromatic N) is 1. The molecule has 0 radical (unpaired) electrons. The second-order valence-electron chi connectivity index (χ2n) is 6.57. The molecule has 0 aliphatic heterocycles. The zero-order valence-electron chi connectivity index (χ0n) is 18.9. The van der Waals surface area contributed by atoms with Gasteiger partial charge in [-0.2, -0.15) is 0 Å². The third-order valence-corrected chi connectivity index (χ3v) is 4.25. The lowest BCUT2D eigenvalue weighted by atomic mass is 10.2. The number of aliphatic imine (C=N–C) groups is 1. The van der Waals surface area contributed by atoms with Crippen LogP contribution in [0.15, 0.2) is 47.5 Å². The van der Waals surface area contributed by atoms with Crippen molar-refractivity contribution in [3.8, 4) is 23.0 Å². The summed E-state index contributed by atoms with van der Waals surface area (Å²) in [5.41, 5.74) is 1.03. The molecule has 7 nitrogen and oxygen atoms in total. The van der Waals surface area contributed by atoms with Gasteiger partial charge in [-0.05, 0) is 50.6 Å². The lowest BCUT2D eigenvalue weighted by Gasteiger charge is -2.19. The van der Waals surface area contributed by atoms with Gasteiger partial charge in [-0.25, -0.2) is 4.99 Å². The van der Waals surface area contributed by atoms with Crippen LogP contribution in [0.5, 0.6) is 23.0 Å². The lowest BCUT2D eigenvalue weighted by molar-refractivity contribution is 0.213. The highest BCUT2D eigenvalue weighted by molar-refractivity contribution is 14.0. The van der Waals surface area contributed by atoms with E-state index in [0.29, 0.717) is 25.4 Å². The number of benzene rings is 2. The van der Waals surface area contributed by atoms with Crippen molar-refractivity contribution >= 4 is 29.9 Å². The van der Waals surface area contributed by atoms with Gasteiger partial charge in [-0.1, -0.05) is 18.2 Å². The third kappa shape index (κ3) is 8.72. The molecule has 0 fully saturated rings. The van der Waals surface area contributed by atoms with Gasteiger partial charge in [0.2, 0.25) is 0 Å². The Morgan fingerprint density at radius 2 is 1.65 bits per heavy atom. The molecule has 0 aromatic heterocycles. The first-order chi connectivity index (χ1) is 14.6. The Hall–Kier alpha value is -2.36. The van der Waals surface area contributed by atoms with E-state index in [0.717, 1.165) is 35.3 Å². The van der Waals surface area contributed by atoms with Crippen molar-refractivity contribution in [2.75, 3.05) is 33.9 Å². The Morgan fingerprint density at radius 3 is 2.29 bits per heavy atom. The summed E-state index contributed by atoms with van der Waals surface area (Å²) in [7, 11) is 3.27. The summed E-state index contributed by atoms with van der Waals surface area (Å²) < 4.78 is 22.3. The molecule has 1 unspecified atom stereocenters. The standard InChI is InChI=1S/C23H33N3O4.HI/c1-6-24-23(25-15-17(3)30-21-11-9-8-10-19(21)27-4)26-16-18-12-13-20(29-7-2)22(14-18)28-5;/h8-14,17H,6-7,15-16H2,1-5H3,(H2,24,25,26);1H. The molecule has 0 saturated carbocycles. The van der Waals surface area contributed by atoms with Crippen LogP contribution in [0.3, 0.4) is 0 Å². The topological polar surface area (TPSA) is 73.3 Å². The molecule has 2 aromatic carbocycles. The number of ether oxygens (including phenoxy) is 4. The maximum absolute atomic E-state index is 5.99. The molecule has 172 valence electrons. The van der Waals surface area contributed by atoms with Crippen molar-refractivity contribution < 1.29 is 18.9 Å². The highest BCUT2D eigenvalue weighted by Gasteiger charge is 2.10. The van der Waals surface area contributed by atoms with E-state index < -0.39 is 0 Å². The molecular formula is C23H34IN3O4. The number of methoxy groups -OCH3 is 2. The van der Waals surface area contributed by atoms with Crippen molar-refractivity contribution in [3.63, 3.8) is 0 Å². The first kappa shape index (κ1) is 26.7. The number of para-hydroxylation sites is 2. The van der Waals surface area contributed by atoms with Gasteiger partial charge in [0.15, 0.2) is 29.0 Å². The quantitative estimate of drug-likeness (QED) is 0.251. The minimum Gasteiger partial charge on any atom is -0.493 e. The molecule has 0 spiro atoms. The SMILES string of the molecule is CCNC(=NCc1ccc(OCC)c(OC)c1)NCC(C)Oc1ccccc1OC.I. The minimum absolute atomic E-state index is 0. The molecule has 0 amide bonds. The molecule has 0 aliphatic rings. The van der Waals surface area contributed by atoms with Gasteiger partial charge in [0.25, 0.3) is 0 Å². The first-order valence-corrected chi connectivity index (χ1v) is 10.2. The summed E-state index contributed by atoms with van der Waals surface area (Å²) in [6.07, 6.45) is -0.0734. The summed E-state index contributed by atoms with van der Waals surface area (Å²) in [6, 6.07) is 13.5. The van der Waals surface area contributed by atoms with Crippen LogP contribution in [0.4, 0.5) is 0 Å². The van der Waals surface area contributed by atoms with Gasteiger partial charge in [0, 0.05) is 6.54 Å². The molecule has 1 atom stereocenters. The molecular weight excluding hydrogens is 509 g/mol. The average Bonchev–Trinajstić information content (AvgIpc) is 2.77. The van der Waals surface area contributed by atoms with Crippen LogP contribution < -0.4 is 29.6 Å². The lowest BCUT2D eigenvalue weighted by Crippen LogP contribution is -2.41. The predicted octanol–water partition coefficient (Wildman–Crippen LogP) is 4.24. The number of rotatable bonds is 11. The minimum atomic E-state index is -0.0734. The fourth-order valence-corrected chi connectivity index (χ4v) is 2.81. The maximum atomic E-state index is 5.99. The predicted molar refractivity (Wildman–Crippen MR) is 135 cm³/mol. The molecule has 0 bridgehead atoms. The van der Waals surface area contributed by atoms with E-state index in [1.165, 1.54) is 0 Å². The fraction of sp³-hybridized carbons (Fsp3) is 0.435. The van der Waals surface area contributed by atoms with Crippen LogP contribution in [-0.2, 0) is 6.54 Å². The molecule has 8 heteroatoms. The van der Waals surface area contributed by atoms with Crippen molar-refractivity contribution in [1.82, 2.24) is 10.6 Å². The molecule has 0 heterocycles. The summed E-state index contributed by atoms with van der Waals surface area (Å²) in [5.74, 6) is 3.61. The molecule has 31 heavy (non-hydrogen) atoms. The van der Waals surface area contributed by atoms with E-state index in [1.807, 2.05) is 63.2 Å². The summed E-state index contributed by atoms with van der Waals surface area (Å²) in [6.45, 7) is 8.45. The van der Waals surface area contributed by atoms with Crippen molar-refractivity contribution in [2.24, 2.45) is 4.99 Å². The number of nitrogens with one attached hydrogen (secondary N) is 2. The van der Waals surface area contributed by atoms with Gasteiger partial charge < -0.3 is 29.6 Å². The van der Waals surface area contributed by atoms with Crippen LogP contribution in [0.1, 0.15) is 26.3 Å². The summed E-state index contributed by atoms with van der Waals surface area (Å²) >= 11 is 0. The Bertz CT molecular complexity index is 817. The second kappa shape index (κ2) is 14.6. The number of halogens is 1. The van der Waals surface area contributed by atoms with Crippen LogP contribution in [0, 0.1) is 0 Å². The molecule has 2 N–H and O–H groups in total. The van der Waals surface area contributed by atoms with E-state index in [2.05, 4.69) is 15.6 Å². The van der Waals surface area contributed by atoms with E-state index in [4.69, 9.17) is 18.9 Å². The summed E-state index contributed by atoms with van der Waals surface area (Å²) in [4.78, 5) is 4.67. The van der Waals surface area contributed by atoms with Crippen LogP contribution in [0.2, 0.25) is 0 Å². The first-order valence-electron chi connectivity index (χ1n) is 10.2. The number of hydrogen-bond acceptors (Lipinski definition) is 5. The second-order valence-corrected chi connectivity index (χ2v) is 6.57. The number of hydrogen-bond donors (Lipinski definition) is 2. The largest absolute Gasteiger partial charge is 0.493 e. The highest BCUT2D eigenvalue weighted by atomic mass is 127. The normalized spacial score (nSPS) is 11.7. The maximum Gasteiger partial charge on any atom is 0.191 e. The van der Waals surface area contributed by atoms with Gasteiger partial charge in [0.1, 0.15) is 6.10 Å². The molecule has 0 saturated heterocycles. The van der Waals surface area contributed by atoms with E-state index >= 15 is 0 Å². The zero-order chi connectivity index (χ0) is 21.8. The third-order valence-electron chi connectivity index (χ3n) is 4.25. The van der Waals surface area contributed by atoms with E-state index in [9.17, 15) is 0 Å². The fourth-order valence-electron chi connectivity index (χ4n) is 2.81. The van der Waals surface area contributed by atoms with Crippen LogP contribution in [0.25, 0.3) is 0 Å². The zero-order valence-corrected chi connectivity index (χ0v) is 21.3. The Kier molecular flexibility index (Phi) is 12.6. The Balaban J connectivity index is 0.00000480. The molecule has 0 aliphatic carbocycles. The highest BCUT2D eigenvalue weighted by Crippen LogP contribution is 2.28. The van der Waals surface area contributed by atoms with Crippen molar-refractivity contribution in [3.05, 3.63) is 48.0 Å². The average molecular weight is 543 g/mol. The number of guanidine groups is 1. The smallest absolute Gasteiger partial charge is 0.191 e. The van der Waals surface area contributed by atoms with Crippen LogP contribution in [-0.4, -0.2) is 46.0 Å². The van der Waals surface area contributed by atoms with Gasteiger partial charge in [-0.3, -0.25) is 0 Å². The van der Waals surface area contributed by atoms with E-state index in [-0.39, 0.29) is 30.1 Å². The van der Waals surface area contributed by atoms with Crippen LogP contribution >= 0.6 is 24.0 Å². The van der Waals surface area contributed by atoms with Gasteiger partial charge in [-0.15, -0.1) is 24.0 Å². The van der Waals surface area contributed by atoms with Crippen molar-refractivity contribution in [2.45, 2.75) is 33.4 Å². The monoisotopic (exact) mass is 543 g/mol. The molecule has 2 aromatic rings. The van der Waals surface area contributed by atoms with E-state index in [1.54, 1.807) is 14.2 Å². The molecule has 2 rings (SSSR count). The summed E-state index contributed by atoms with van der Waals surface area (Å²) in [5, 5.41) is 6.58. The van der Waals surface area contributed by atoms with Gasteiger partial charge >= 0.3 is 0 Å². The van der Waals surface area contributed by atoms with Crippen molar-refractivity contribution in [1.29, 1.82) is 0 Å².